The maximum Gasteiger partial charge on any atom is 0.308 e. The van der Waals surface area contributed by atoms with Crippen molar-refractivity contribution in [2.24, 2.45) is 0 Å². The van der Waals surface area contributed by atoms with Crippen molar-refractivity contribution in [1.82, 2.24) is 4.98 Å². The van der Waals surface area contributed by atoms with Crippen LogP contribution in [-0.4, -0.2) is 9.91 Å². The van der Waals surface area contributed by atoms with Crippen LogP contribution in [0.1, 0.15) is 5.56 Å². The van der Waals surface area contributed by atoms with Gasteiger partial charge in [-0.05, 0) is 5.56 Å². The maximum absolute atomic E-state index is 10.9. The fraction of sp³-hybridized carbons (Fsp3) is 0.0833. The van der Waals surface area contributed by atoms with Crippen molar-refractivity contribution in [3.63, 3.8) is 0 Å². The van der Waals surface area contributed by atoms with Crippen LogP contribution in [0.3, 0.4) is 0 Å². The highest BCUT2D eigenvalue weighted by atomic mass is 32.2. The lowest BCUT2D eigenvalue weighted by atomic mass is 10.2. The van der Waals surface area contributed by atoms with Crippen LogP contribution < -0.4 is 5.73 Å². The summed E-state index contributed by atoms with van der Waals surface area (Å²) >= 11 is 1.36. The van der Waals surface area contributed by atoms with Gasteiger partial charge >= 0.3 is 5.69 Å². The van der Waals surface area contributed by atoms with Gasteiger partial charge in [0.15, 0.2) is 0 Å². The quantitative estimate of drug-likeness (QED) is 0.520. The Balaban J connectivity index is 2.20. The second-order valence-electron chi connectivity index (χ2n) is 3.61. The number of hydrogen-bond acceptors (Lipinski definition) is 5. The van der Waals surface area contributed by atoms with Crippen LogP contribution in [0.15, 0.2) is 47.6 Å². The van der Waals surface area contributed by atoms with Gasteiger partial charge in [0.2, 0.25) is 0 Å². The van der Waals surface area contributed by atoms with Gasteiger partial charge in [-0.25, -0.2) is 0 Å². The zero-order chi connectivity index (χ0) is 13.0. The van der Waals surface area contributed by atoms with Gasteiger partial charge in [-0.15, -0.1) is 11.8 Å². The minimum absolute atomic E-state index is 0.0640. The number of nitrogens with two attached hydrogens (primary N) is 1. The summed E-state index contributed by atoms with van der Waals surface area (Å²) in [6, 6.07) is 9.74. The highest BCUT2D eigenvalue weighted by Gasteiger charge is 2.18. The van der Waals surface area contributed by atoms with Crippen LogP contribution in [0.5, 0.6) is 0 Å². The number of hydrogen-bond donors (Lipinski definition) is 1. The van der Waals surface area contributed by atoms with E-state index >= 15 is 0 Å². The number of aromatic nitrogens is 1. The Morgan fingerprint density at radius 3 is 2.67 bits per heavy atom. The lowest BCUT2D eigenvalue weighted by Crippen LogP contribution is -1.98. The molecule has 1 aromatic heterocycles. The smallest absolute Gasteiger partial charge is 0.308 e. The largest absolute Gasteiger partial charge is 0.392 e. The first-order valence-electron chi connectivity index (χ1n) is 5.23. The molecule has 18 heavy (non-hydrogen) atoms. The van der Waals surface area contributed by atoms with Gasteiger partial charge in [0.1, 0.15) is 10.6 Å². The van der Waals surface area contributed by atoms with Crippen LogP contribution >= 0.6 is 11.8 Å². The monoisotopic (exact) mass is 261 g/mol. The molecule has 1 heterocycles. The highest BCUT2D eigenvalue weighted by Crippen LogP contribution is 2.34. The normalized spacial score (nSPS) is 10.2. The third kappa shape index (κ3) is 2.78. The molecule has 0 spiro atoms. The molecule has 0 radical (unpaired) electrons. The average molecular weight is 261 g/mol. The zero-order valence-corrected chi connectivity index (χ0v) is 10.3. The van der Waals surface area contributed by atoms with E-state index in [0.29, 0.717) is 10.6 Å². The van der Waals surface area contributed by atoms with E-state index in [1.54, 1.807) is 0 Å². The fourth-order valence-electron chi connectivity index (χ4n) is 1.49. The summed E-state index contributed by atoms with van der Waals surface area (Å²) in [6.07, 6.45) is 2.77. The summed E-state index contributed by atoms with van der Waals surface area (Å²) < 4.78 is 0. The number of benzene rings is 1. The van der Waals surface area contributed by atoms with Crippen molar-refractivity contribution in [1.29, 1.82) is 0 Å². The van der Waals surface area contributed by atoms with Gasteiger partial charge < -0.3 is 5.73 Å². The molecule has 0 aliphatic heterocycles. The van der Waals surface area contributed by atoms with E-state index < -0.39 is 4.92 Å². The SMILES string of the molecule is Nc1cncc(SCc2ccccc2)c1[N+](=O)[O-]. The van der Waals surface area contributed by atoms with E-state index in [-0.39, 0.29) is 11.4 Å². The molecule has 0 atom stereocenters. The van der Waals surface area contributed by atoms with Crippen LogP contribution in [0.2, 0.25) is 0 Å². The first kappa shape index (κ1) is 12.4. The minimum Gasteiger partial charge on any atom is -0.392 e. The van der Waals surface area contributed by atoms with Crippen molar-refractivity contribution >= 4 is 23.1 Å². The van der Waals surface area contributed by atoms with Gasteiger partial charge in [0.25, 0.3) is 0 Å². The molecule has 5 nitrogen and oxygen atoms in total. The number of rotatable bonds is 4. The van der Waals surface area contributed by atoms with Crippen molar-refractivity contribution in [3.8, 4) is 0 Å². The number of nitrogen functional groups attached to an aromatic ring is 1. The molecule has 0 aliphatic carbocycles. The van der Waals surface area contributed by atoms with Gasteiger partial charge in [-0.2, -0.15) is 0 Å². The molecule has 6 heteroatoms. The highest BCUT2D eigenvalue weighted by molar-refractivity contribution is 7.98. The molecule has 2 N–H and O–H groups in total. The average Bonchev–Trinajstić information content (AvgIpc) is 2.37. The Morgan fingerprint density at radius 1 is 1.28 bits per heavy atom. The first-order chi connectivity index (χ1) is 8.68. The lowest BCUT2D eigenvalue weighted by molar-refractivity contribution is -0.386. The van der Waals surface area contributed by atoms with Crippen LogP contribution in [0.25, 0.3) is 0 Å². The Kier molecular flexibility index (Phi) is 3.78. The second-order valence-corrected chi connectivity index (χ2v) is 4.62. The zero-order valence-electron chi connectivity index (χ0n) is 9.45. The maximum atomic E-state index is 10.9. The van der Waals surface area contributed by atoms with Crippen molar-refractivity contribution in [3.05, 3.63) is 58.4 Å². The Hall–Kier alpha value is -2.08. The summed E-state index contributed by atoms with van der Waals surface area (Å²) in [6.45, 7) is 0. The number of anilines is 1. The number of pyridine rings is 1. The van der Waals surface area contributed by atoms with Crippen LogP contribution in [-0.2, 0) is 5.75 Å². The van der Waals surface area contributed by atoms with E-state index in [4.69, 9.17) is 5.73 Å². The van der Waals surface area contributed by atoms with Gasteiger partial charge in [-0.1, -0.05) is 30.3 Å². The van der Waals surface area contributed by atoms with E-state index in [9.17, 15) is 10.1 Å². The van der Waals surface area contributed by atoms with E-state index in [2.05, 4.69) is 4.98 Å². The lowest BCUT2D eigenvalue weighted by Gasteiger charge is -2.04. The summed E-state index contributed by atoms with van der Waals surface area (Å²) in [5, 5.41) is 10.9. The molecule has 0 amide bonds. The molecule has 1 aromatic carbocycles. The fourth-order valence-corrected chi connectivity index (χ4v) is 2.47. The summed E-state index contributed by atoms with van der Waals surface area (Å²) in [4.78, 5) is 14.8. The number of thioether (sulfide) groups is 1. The predicted molar refractivity (Wildman–Crippen MR) is 71.3 cm³/mol. The molecule has 0 saturated heterocycles. The number of nitro groups is 1. The van der Waals surface area contributed by atoms with Gasteiger partial charge in [0.05, 0.1) is 11.1 Å². The molecule has 2 aromatic rings. The van der Waals surface area contributed by atoms with E-state index in [1.807, 2.05) is 30.3 Å². The molecule has 0 unspecified atom stereocenters. The minimum atomic E-state index is -0.468. The molecule has 0 bridgehead atoms. The molecular formula is C12H11N3O2S. The summed E-state index contributed by atoms with van der Waals surface area (Å²) in [5.74, 6) is 0.646. The third-order valence-corrected chi connectivity index (χ3v) is 3.42. The molecule has 2 rings (SSSR count). The van der Waals surface area contributed by atoms with Crippen molar-refractivity contribution in [2.45, 2.75) is 10.6 Å². The summed E-state index contributed by atoms with van der Waals surface area (Å²) in [7, 11) is 0. The Bertz CT molecular complexity index is 561. The molecule has 0 aliphatic rings. The van der Waals surface area contributed by atoms with Gasteiger partial charge in [-0.3, -0.25) is 15.1 Å². The van der Waals surface area contributed by atoms with Crippen LogP contribution in [0, 0.1) is 10.1 Å². The summed E-state index contributed by atoms with van der Waals surface area (Å²) in [5.41, 5.74) is 6.70. The van der Waals surface area contributed by atoms with Gasteiger partial charge in [0, 0.05) is 11.9 Å². The first-order valence-corrected chi connectivity index (χ1v) is 6.21. The van der Waals surface area contributed by atoms with Crippen LogP contribution in [0.4, 0.5) is 11.4 Å². The van der Waals surface area contributed by atoms with Crippen molar-refractivity contribution in [2.75, 3.05) is 5.73 Å². The molecule has 0 saturated carbocycles. The Morgan fingerprint density at radius 2 is 2.00 bits per heavy atom. The van der Waals surface area contributed by atoms with E-state index in [0.717, 1.165) is 5.56 Å². The van der Waals surface area contributed by atoms with E-state index in [1.165, 1.54) is 24.2 Å². The molecule has 0 fully saturated rings. The third-order valence-electron chi connectivity index (χ3n) is 2.33. The Labute approximate surface area is 108 Å². The number of nitrogens with zero attached hydrogens (tertiary/aromatic N) is 2. The molecular weight excluding hydrogens is 250 g/mol. The second kappa shape index (κ2) is 5.50. The topological polar surface area (TPSA) is 82.0 Å². The molecule has 92 valence electrons. The predicted octanol–water partition coefficient (Wildman–Crippen LogP) is 2.86. The van der Waals surface area contributed by atoms with Crippen molar-refractivity contribution < 1.29 is 4.92 Å². The standard InChI is InChI=1S/C12H11N3O2S/c13-10-6-14-7-11(12(10)15(16)17)18-8-9-4-2-1-3-5-9/h1-7H,8,13H2.